The zero-order valence-electron chi connectivity index (χ0n) is 11.7. The Balaban J connectivity index is 2.74. The average Bonchev–Trinajstić information content (AvgIpc) is 2.44. The minimum atomic E-state index is 0.119. The summed E-state index contributed by atoms with van der Waals surface area (Å²) in [4.78, 5) is 0. The molecule has 0 heterocycles. The summed E-state index contributed by atoms with van der Waals surface area (Å²) in [5.74, 6) is 1.64. The number of benzene rings is 1. The Hall–Kier alpha value is -1.73. The van der Waals surface area contributed by atoms with Crippen molar-refractivity contribution in [1.29, 1.82) is 5.26 Å². The van der Waals surface area contributed by atoms with Gasteiger partial charge in [0.2, 0.25) is 0 Å². The van der Waals surface area contributed by atoms with Crippen molar-refractivity contribution in [3.63, 3.8) is 0 Å². The smallest absolute Gasteiger partial charge is 0.122 e. The molecule has 1 atom stereocenters. The molecule has 0 saturated heterocycles. The monoisotopic (exact) mass is 262 g/mol. The maximum atomic E-state index is 8.50. The van der Waals surface area contributed by atoms with Crippen LogP contribution in [0.25, 0.3) is 0 Å². The van der Waals surface area contributed by atoms with Crippen LogP contribution in [0.3, 0.4) is 0 Å². The second-order valence-corrected chi connectivity index (χ2v) is 4.46. The third kappa shape index (κ3) is 5.19. The summed E-state index contributed by atoms with van der Waals surface area (Å²) in [6, 6.07) is 7.98. The predicted octanol–water partition coefficient (Wildman–Crippen LogP) is 2.66. The lowest BCUT2D eigenvalue weighted by Gasteiger charge is -2.15. The maximum Gasteiger partial charge on any atom is 0.122 e. The second-order valence-electron chi connectivity index (χ2n) is 4.46. The molecule has 0 fully saturated rings. The van der Waals surface area contributed by atoms with Gasteiger partial charge < -0.3 is 15.2 Å². The van der Waals surface area contributed by atoms with E-state index in [-0.39, 0.29) is 6.04 Å². The van der Waals surface area contributed by atoms with Gasteiger partial charge in [0.25, 0.3) is 0 Å². The molecular formula is C15H22N2O2. The molecule has 0 amide bonds. The molecule has 19 heavy (non-hydrogen) atoms. The zero-order valence-corrected chi connectivity index (χ0v) is 11.7. The van der Waals surface area contributed by atoms with E-state index in [2.05, 4.69) is 13.0 Å². The standard InChI is InChI=1S/C15H22N2O2/c1-3-13(17)10-12-11-14(18-2)6-7-15(12)19-9-5-4-8-16/h6-7,11,13H,3-5,9-10,17H2,1-2H3. The van der Waals surface area contributed by atoms with Crippen LogP contribution in [0.2, 0.25) is 0 Å². The van der Waals surface area contributed by atoms with Gasteiger partial charge >= 0.3 is 0 Å². The summed E-state index contributed by atoms with van der Waals surface area (Å²) < 4.78 is 11.0. The van der Waals surface area contributed by atoms with E-state index < -0.39 is 0 Å². The van der Waals surface area contributed by atoms with Crippen LogP contribution in [0, 0.1) is 11.3 Å². The van der Waals surface area contributed by atoms with E-state index >= 15 is 0 Å². The molecule has 1 aromatic carbocycles. The van der Waals surface area contributed by atoms with Crippen LogP contribution in [0.15, 0.2) is 18.2 Å². The highest BCUT2D eigenvalue weighted by molar-refractivity contribution is 5.40. The molecule has 0 spiro atoms. The molecule has 1 rings (SSSR count). The molecular weight excluding hydrogens is 240 g/mol. The summed E-state index contributed by atoms with van der Waals surface area (Å²) in [5, 5.41) is 8.50. The topological polar surface area (TPSA) is 68.3 Å². The minimum absolute atomic E-state index is 0.119. The normalized spacial score (nSPS) is 11.7. The molecule has 4 nitrogen and oxygen atoms in total. The van der Waals surface area contributed by atoms with Crippen LogP contribution in [-0.2, 0) is 6.42 Å². The maximum absolute atomic E-state index is 8.50. The van der Waals surface area contributed by atoms with Gasteiger partial charge in [-0.05, 0) is 43.0 Å². The summed E-state index contributed by atoms with van der Waals surface area (Å²) in [6.07, 6.45) is 2.94. The Kier molecular flexibility index (Phi) is 6.76. The highest BCUT2D eigenvalue weighted by atomic mass is 16.5. The zero-order chi connectivity index (χ0) is 14.1. The molecule has 4 heteroatoms. The first-order valence-electron chi connectivity index (χ1n) is 6.63. The van der Waals surface area contributed by atoms with Crippen molar-refractivity contribution in [2.24, 2.45) is 5.73 Å². The third-order valence-electron chi connectivity index (χ3n) is 2.96. The van der Waals surface area contributed by atoms with Gasteiger partial charge in [-0.25, -0.2) is 0 Å². The van der Waals surface area contributed by atoms with Crippen molar-refractivity contribution < 1.29 is 9.47 Å². The summed E-state index contributed by atoms with van der Waals surface area (Å²) in [7, 11) is 1.65. The van der Waals surface area contributed by atoms with Crippen molar-refractivity contribution in [1.82, 2.24) is 0 Å². The quantitative estimate of drug-likeness (QED) is 0.731. The number of nitrogens with zero attached hydrogens (tertiary/aromatic N) is 1. The Labute approximate surface area is 115 Å². The Morgan fingerprint density at radius 1 is 1.42 bits per heavy atom. The number of nitriles is 1. The van der Waals surface area contributed by atoms with E-state index in [0.29, 0.717) is 13.0 Å². The van der Waals surface area contributed by atoms with Gasteiger partial charge in [-0.15, -0.1) is 0 Å². The lowest BCUT2D eigenvalue weighted by Crippen LogP contribution is -2.21. The lowest BCUT2D eigenvalue weighted by molar-refractivity contribution is 0.307. The minimum Gasteiger partial charge on any atom is -0.497 e. The van der Waals surface area contributed by atoms with E-state index in [0.717, 1.165) is 36.3 Å². The van der Waals surface area contributed by atoms with Crippen molar-refractivity contribution in [2.45, 2.75) is 38.6 Å². The first kappa shape index (κ1) is 15.3. The number of methoxy groups -OCH3 is 1. The van der Waals surface area contributed by atoms with E-state index in [1.165, 1.54) is 0 Å². The molecule has 0 aliphatic carbocycles. The van der Waals surface area contributed by atoms with Gasteiger partial charge in [-0.2, -0.15) is 5.26 Å². The third-order valence-corrected chi connectivity index (χ3v) is 2.96. The summed E-state index contributed by atoms with van der Waals surface area (Å²) in [5.41, 5.74) is 7.06. The molecule has 0 aliphatic heterocycles. The van der Waals surface area contributed by atoms with Gasteiger partial charge in [-0.3, -0.25) is 0 Å². The molecule has 0 saturated carbocycles. The molecule has 2 N–H and O–H groups in total. The van der Waals surface area contributed by atoms with Gasteiger partial charge in [0.1, 0.15) is 11.5 Å². The molecule has 0 radical (unpaired) electrons. The van der Waals surface area contributed by atoms with Gasteiger partial charge in [0.15, 0.2) is 0 Å². The Morgan fingerprint density at radius 2 is 2.21 bits per heavy atom. The summed E-state index contributed by atoms with van der Waals surface area (Å²) >= 11 is 0. The van der Waals surface area contributed by atoms with E-state index in [1.807, 2.05) is 18.2 Å². The van der Waals surface area contributed by atoms with Crippen molar-refractivity contribution in [3.05, 3.63) is 23.8 Å². The summed E-state index contributed by atoms with van der Waals surface area (Å²) in [6.45, 7) is 2.62. The van der Waals surface area contributed by atoms with Crippen LogP contribution in [0.1, 0.15) is 31.7 Å². The van der Waals surface area contributed by atoms with Crippen molar-refractivity contribution in [2.75, 3.05) is 13.7 Å². The first-order valence-corrected chi connectivity index (χ1v) is 6.63. The van der Waals surface area contributed by atoms with E-state index in [1.54, 1.807) is 7.11 Å². The number of ether oxygens (including phenoxy) is 2. The highest BCUT2D eigenvalue weighted by Gasteiger charge is 2.09. The number of unbranched alkanes of at least 4 members (excludes halogenated alkanes) is 1. The Morgan fingerprint density at radius 3 is 2.84 bits per heavy atom. The number of rotatable bonds is 8. The van der Waals surface area contributed by atoms with Crippen molar-refractivity contribution >= 4 is 0 Å². The SMILES string of the molecule is CCC(N)Cc1cc(OC)ccc1OCCCC#N. The average molecular weight is 262 g/mol. The predicted molar refractivity (Wildman–Crippen MR) is 75.3 cm³/mol. The van der Waals surface area contributed by atoms with Gasteiger partial charge in [-0.1, -0.05) is 6.92 Å². The largest absolute Gasteiger partial charge is 0.497 e. The molecule has 1 unspecified atom stereocenters. The van der Waals surface area contributed by atoms with Crippen molar-refractivity contribution in [3.8, 4) is 17.6 Å². The second kappa shape index (κ2) is 8.39. The van der Waals surface area contributed by atoms with Gasteiger partial charge in [0.05, 0.1) is 19.8 Å². The van der Waals surface area contributed by atoms with Crippen LogP contribution < -0.4 is 15.2 Å². The number of hydrogen-bond acceptors (Lipinski definition) is 4. The van der Waals surface area contributed by atoms with Crippen LogP contribution in [0.4, 0.5) is 0 Å². The fourth-order valence-electron chi connectivity index (χ4n) is 1.74. The molecule has 104 valence electrons. The fraction of sp³-hybridized carbons (Fsp3) is 0.533. The molecule has 1 aromatic rings. The Bertz CT molecular complexity index is 427. The van der Waals surface area contributed by atoms with E-state index in [4.69, 9.17) is 20.5 Å². The molecule has 0 bridgehead atoms. The lowest BCUT2D eigenvalue weighted by atomic mass is 10.0. The van der Waals surface area contributed by atoms with Crippen LogP contribution >= 0.6 is 0 Å². The molecule has 0 aromatic heterocycles. The van der Waals surface area contributed by atoms with Crippen LogP contribution in [-0.4, -0.2) is 19.8 Å². The highest BCUT2D eigenvalue weighted by Crippen LogP contribution is 2.25. The first-order chi connectivity index (χ1) is 9.21. The van der Waals surface area contributed by atoms with E-state index in [9.17, 15) is 0 Å². The van der Waals surface area contributed by atoms with Gasteiger partial charge in [0, 0.05) is 12.5 Å². The molecule has 0 aliphatic rings. The number of nitrogens with two attached hydrogens (primary N) is 1. The van der Waals surface area contributed by atoms with Crippen LogP contribution in [0.5, 0.6) is 11.5 Å². The number of hydrogen-bond donors (Lipinski definition) is 1. The fourth-order valence-corrected chi connectivity index (χ4v) is 1.74.